The van der Waals surface area contributed by atoms with Crippen LogP contribution in [0.3, 0.4) is 0 Å². The lowest BCUT2D eigenvalue weighted by Gasteiger charge is -2.51. The lowest BCUT2D eigenvalue weighted by Crippen LogP contribution is -2.59. The van der Waals surface area contributed by atoms with Crippen molar-refractivity contribution in [2.75, 3.05) is 26.3 Å². The maximum Gasteiger partial charge on any atom is 0.0594 e. The topological polar surface area (TPSA) is 12.5 Å². The molecule has 0 radical (unpaired) electrons. The monoisotopic (exact) mass is 247 g/mol. The van der Waals surface area contributed by atoms with Crippen LogP contribution in [0.1, 0.15) is 33.3 Å². The lowest BCUT2D eigenvalue weighted by molar-refractivity contribution is -0.0350. The quantitative estimate of drug-likeness (QED) is 0.814. The SMILES string of the molecule is CC(C)(c1ccccc1)C(C)(C)N1CCOCC1. The second-order valence-electron chi connectivity index (χ2n) is 6.15. The molecule has 1 aromatic rings. The molecule has 18 heavy (non-hydrogen) atoms. The Balaban J connectivity index is 2.27. The summed E-state index contributed by atoms with van der Waals surface area (Å²) in [4.78, 5) is 2.56. The Morgan fingerprint density at radius 1 is 0.944 bits per heavy atom. The molecule has 0 bridgehead atoms. The first-order valence-corrected chi connectivity index (χ1v) is 6.84. The van der Waals surface area contributed by atoms with Gasteiger partial charge in [0.25, 0.3) is 0 Å². The second kappa shape index (κ2) is 5.02. The van der Waals surface area contributed by atoms with Crippen molar-refractivity contribution < 1.29 is 4.74 Å². The number of hydrogen-bond acceptors (Lipinski definition) is 2. The zero-order valence-electron chi connectivity index (χ0n) is 12.1. The molecule has 1 aliphatic rings. The largest absolute Gasteiger partial charge is 0.379 e. The Kier molecular flexibility index (Phi) is 3.79. The van der Waals surface area contributed by atoms with E-state index in [1.165, 1.54) is 5.56 Å². The molecule has 0 amide bonds. The van der Waals surface area contributed by atoms with Crippen molar-refractivity contribution in [3.05, 3.63) is 35.9 Å². The summed E-state index contributed by atoms with van der Waals surface area (Å²) < 4.78 is 5.47. The molecular formula is C16H25NO. The second-order valence-corrected chi connectivity index (χ2v) is 6.15. The first-order valence-electron chi connectivity index (χ1n) is 6.84. The van der Waals surface area contributed by atoms with Gasteiger partial charge in [0.15, 0.2) is 0 Å². The van der Waals surface area contributed by atoms with Crippen LogP contribution >= 0.6 is 0 Å². The van der Waals surface area contributed by atoms with Crippen LogP contribution in [0.5, 0.6) is 0 Å². The van der Waals surface area contributed by atoms with Crippen molar-refractivity contribution in [2.24, 2.45) is 0 Å². The van der Waals surface area contributed by atoms with Crippen LogP contribution in [0.15, 0.2) is 30.3 Å². The highest BCUT2D eigenvalue weighted by molar-refractivity contribution is 5.28. The zero-order chi connectivity index (χ0) is 13.2. The van der Waals surface area contributed by atoms with Crippen molar-refractivity contribution in [3.63, 3.8) is 0 Å². The predicted octanol–water partition coefficient (Wildman–Crippen LogP) is 3.08. The molecule has 0 saturated carbocycles. The highest BCUT2D eigenvalue weighted by Gasteiger charge is 2.42. The van der Waals surface area contributed by atoms with E-state index in [9.17, 15) is 0 Å². The Labute approximate surface area is 111 Å². The van der Waals surface area contributed by atoms with Crippen LogP contribution in [0.4, 0.5) is 0 Å². The predicted molar refractivity (Wildman–Crippen MR) is 75.9 cm³/mol. The van der Waals surface area contributed by atoms with E-state index in [1.807, 2.05) is 0 Å². The van der Waals surface area contributed by atoms with Gasteiger partial charge in [-0.2, -0.15) is 0 Å². The Hall–Kier alpha value is -0.860. The van der Waals surface area contributed by atoms with E-state index in [2.05, 4.69) is 62.9 Å². The van der Waals surface area contributed by atoms with E-state index in [4.69, 9.17) is 4.74 Å². The number of morpholine rings is 1. The van der Waals surface area contributed by atoms with Crippen molar-refractivity contribution in [2.45, 2.75) is 38.6 Å². The normalized spacial score (nSPS) is 18.9. The summed E-state index contributed by atoms with van der Waals surface area (Å²) in [7, 11) is 0. The average molecular weight is 247 g/mol. The molecule has 0 unspecified atom stereocenters. The van der Waals surface area contributed by atoms with Crippen LogP contribution in [-0.2, 0) is 10.2 Å². The van der Waals surface area contributed by atoms with Crippen molar-refractivity contribution in [1.82, 2.24) is 4.90 Å². The van der Waals surface area contributed by atoms with Gasteiger partial charge in [-0.3, -0.25) is 4.90 Å². The van der Waals surface area contributed by atoms with E-state index in [0.717, 1.165) is 26.3 Å². The Morgan fingerprint density at radius 3 is 2.06 bits per heavy atom. The molecule has 0 aromatic heterocycles. The molecule has 2 heteroatoms. The Bertz CT molecular complexity index is 377. The summed E-state index contributed by atoms with van der Waals surface area (Å²) in [5, 5.41) is 0. The van der Waals surface area contributed by atoms with Gasteiger partial charge in [0.05, 0.1) is 13.2 Å². The molecule has 2 rings (SSSR count). The molecule has 2 nitrogen and oxygen atoms in total. The van der Waals surface area contributed by atoms with Gasteiger partial charge < -0.3 is 4.74 Å². The minimum atomic E-state index is 0.117. The van der Waals surface area contributed by atoms with Crippen LogP contribution in [-0.4, -0.2) is 36.7 Å². The van der Waals surface area contributed by atoms with Crippen LogP contribution in [0, 0.1) is 0 Å². The molecule has 1 aromatic carbocycles. The van der Waals surface area contributed by atoms with Gasteiger partial charge in [-0.1, -0.05) is 44.2 Å². The highest BCUT2D eigenvalue weighted by atomic mass is 16.5. The maximum absolute atomic E-state index is 5.47. The van der Waals surface area contributed by atoms with E-state index in [1.54, 1.807) is 0 Å². The first-order chi connectivity index (χ1) is 8.46. The lowest BCUT2D eigenvalue weighted by atomic mass is 9.68. The maximum atomic E-state index is 5.47. The van der Waals surface area contributed by atoms with Gasteiger partial charge in [0.2, 0.25) is 0 Å². The third-order valence-corrected chi connectivity index (χ3v) is 4.83. The van der Waals surface area contributed by atoms with Crippen molar-refractivity contribution in [1.29, 1.82) is 0 Å². The van der Waals surface area contributed by atoms with Crippen molar-refractivity contribution in [3.8, 4) is 0 Å². The number of rotatable bonds is 3. The smallest absolute Gasteiger partial charge is 0.0594 e. The van der Waals surface area contributed by atoms with Gasteiger partial charge in [0, 0.05) is 24.0 Å². The van der Waals surface area contributed by atoms with E-state index < -0.39 is 0 Å². The fourth-order valence-electron chi connectivity index (χ4n) is 2.73. The fraction of sp³-hybridized carbons (Fsp3) is 0.625. The summed E-state index contributed by atoms with van der Waals surface area (Å²) >= 11 is 0. The van der Waals surface area contributed by atoms with Crippen LogP contribution < -0.4 is 0 Å². The molecular weight excluding hydrogens is 222 g/mol. The highest BCUT2D eigenvalue weighted by Crippen LogP contribution is 2.39. The number of hydrogen-bond donors (Lipinski definition) is 0. The molecule has 1 fully saturated rings. The summed E-state index contributed by atoms with van der Waals surface area (Å²) in [5.74, 6) is 0. The molecule has 0 atom stereocenters. The van der Waals surface area contributed by atoms with Gasteiger partial charge >= 0.3 is 0 Å². The van der Waals surface area contributed by atoms with Crippen LogP contribution in [0.25, 0.3) is 0 Å². The standard InChI is InChI=1S/C16H25NO/c1-15(2,14-8-6-5-7-9-14)16(3,4)17-10-12-18-13-11-17/h5-9H,10-13H2,1-4H3. The fourth-order valence-corrected chi connectivity index (χ4v) is 2.73. The number of ether oxygens (including phenoxy) is 1. The number of nitrogens with zero attached hydrogens (tertiary/aromatic N) is 1. The minimum Gasteiger partial charge on any atom is -0.379 e. The van der Waals surface area contributed by atoms with Gasteiger partial charge in [-0.05, 0) is 19.4 Å². The molecule has 1 saturated heterocycles. The minimum absolute atomic E-state index is 0.117. The van der Waals surface area contributed by atoms with E-state index >= 15 is 0 Å². The molecule has 0 spiro atoms. The summed E-state index contributed by atoms with van der Waals surface area (Å²) in [6, 6.07) is 10.8. The molecule has 1 aliphatic heterocycles. The van der Waals surface area contributed by atoms with Crippen molar-refractivity contribution >= 4 is 0 Å². The molecule has 0 N–H and O–H groups in total. The van der Waals surface area contributed by atoms with Crippen LogP contribution in [0.2, 0.25) is 0 Å². The summed E-state index contributed by atoms with van der Waals surface area (Å²) in [6.45, 7) is 13.2. The van der Waals surface area contributed by atoms with E-state index in [0.29, 0.717) is 0 Å². The van der Waals surface area contributed by atoms with Gasteiger partial charge in [-0.25, -0.2) is 0 Å². The van der Waals surface area contributed by atoms with Gasteiger partial charge in [0.1, 0.15) is 0 Å². The Morgan fingerprint density at radius 2 is 1.50 bits per heavy atom. The number of benzene rings is 1. The van der Waals surface area contributed by atoms with Gasteiger partial charge in [-0.15, -0.1) is 0 Å². The third kappa shape index (κ3) is 2.32. The molecule has 100 valence electrons. The average Bonchev–Trinajstić information content (AvgIpc) is 2.40. The summed E-state index contributed by atoms with van der Waals surface area (Å²) in [5.41, 5.74) is 1.64. The zero-order valence-corrected chi connectivity index (χ0v) is 12.1. The summed E-state index contributed by atoms with van der Waals surface area (Å²) in [6.07, 6.45) is 0. The molecule has 0 aliphatic carbocycles. The third-order valence-electron chi connectivity index (χ3n) is 4.83. The first kappa shape index (κ1) is 13.6. The van der Waals surface area contributed by atoms with E-state index in [-0.39, 0.29) is 11.0 Å². The molecule has 1 heterocycles.